The van der Waals surface area contributed by atoms with Gasteiger partial charge in [0.25, 0.3) is 0 Å². The molecule has 0 N–H and O–H groups in total. The zero-order valence-electron chi connectivity index (χ0n) is 5.84. The summed E-state index contributed by atoms with van der Waals surface area (Å²) in [5.74, 6) is -0.524. The van der Waals surface area contributed by atoms with Crippen molar-refractivity contribution in [2.45, 2.75) is 13.8 Å². The van der Waals surface area contributed by atoms with Crippen molar-refractivity contribution in [1.29, 1.82) is 0 Å². The van der Waals surface area contributed by atoms with Crippen LogP contribution in [-0.4, -0.2) is 18.7 Å². The molecule has 0 radical (unpaired) electrons. The van der Waals surface area contributed by atoms with E-state index < -0.39 is 17.5 Å². The minimum atomic E-state index is -0.899. The Morgan fingerprint density at radius 3 is 2.40 bits per heavy atom. The van der Waals surface area contributed by atoms with Crippen LogP contribution >= 0.6 is 0 Å². The lowest BCUT2D eigenvalue weighted by atomic mass is 9.95. The van der Waals surface area contributed by atoms with Crippen LogP contribution in [0, 0.1) is 5.41 Å². The van der Waals surface area contributed by atoms with Crippen molar-refractivity contribution in [1.82, 2.24) is 0 Å². The van der Waals surface area contributed by atoms with E-state index >= 15 is 0 Å². The lowest BCUT2D eigenvalue weighted by molar-refractivity contribution is -0.160. The highest BCUT2D eigenvalue weighted by Crippen LogP contribution is 2.21. The number of carbonyl (C=O) groups is 2. The van der Waals surface area contributed by atoms with Crippen LogP contribution in [0.2, 0.25) is 0 Å². The molecule has 10 heavy (non-hydrogen) atoms. The third-order valence-electron chi connectivity index (χ3n) is 1.28. The second-order valence-corrected chi connectivity index (χ2v) is 2.81. The molecule has 1 rings (SSSR count). The van der Waals surface area contributed by atoms with Gasteiger partial charge < -0.3 is 9.47 Å². The van der Waals surface area contributed by atoms with Crippen LogP contribution in [0.5, 0.6) is 0 Å². The van der Waals surface area contributed by atoms with E-state index in [2.05, 4.69) is 9.47 Å². The van der Waals surface area contributed by atoms with Crippen molar-refractivity contribution in [2.75, 3.05) is 6.61 Å². The minimum Gasteiger partial charge on any atom is -0.433 e. The molecule has 1 fully saturated rings. The van der Waals surface area contributed by atoms with Gasteiger partial charge in [0.15, 0.2) is 0 Å². The highest BCUT2D eigenvalue weighted by molar-refractivity contribution is 5.87. The summed E-state index contributed by atoms with van der Waals surface area (Å²) in [5, 5.41) is 0. The topological polar surface area (TPSA) is 52.6 Å². The Kier molecular flexibility index (Phi) is 1.39. The van der Waals surface area contributed by atoms with Gasteiger partial charge in [-0.2, -0.15) is 0 Å². The molecule has 4 heteroatoms. The molecule has 0 aliphatic carbocycles. The Balaban J connectivity index is 2.70. The Labute approximate surface area is 58.1 Å². The van der Waals surface area contributed by atoms with Crippen molar-refractivity contribution in [2.24, 2.45) is 5.41 Å². The van der Waals surface area contributed by atoms with E-state index in [1.54, 1.807) is 13.8 Å². The Morgan fingerprint density at radius 2 is 2.00 bits per heavy atom. The Bertz CT molecular complexity index is 182. The zero-order valence-corrected chi connectivity index (χ0v) is 5.84. The molecule has 0 atom stereocenters. The van der Waals surface area contributed by atoms with E-state index in [0.29, 0.717) is 0 Å². The van der Waals surface area contributed by atoms with Gasteiger partial charge in [-0.3, -0.25) is 4.79 Å². The largest absolute Gasteiger partial charge is 0.516 e. The quantitative estimate of drug-likeness (QED) is 0.371. The highest BCUT2D eigenvalue weighted by atomic mass is 16.8. The number of esters is 1. The van der Waals surface area contributed by atoms with Gasteiger partial charge in [0.05, 0.1) is 5.41 Å². The van der Waals surface area contributed by atoms with Crippen LogP contribution in [0.15, 0.2) is 0 Å². The van der Waals surface area contributed by atoms with E-state index in [-0.39, 0.29) is 6.61 Å². The summed E-state index contributed by atoms with van der Waals surface area (Å²) in [6.07, 6.45) is -0.899. The van der Waals surface area contributed by atoms with Crippen LogP contribution in [-0.2, 0) is 14.3 Å². The summed E-state index contributed by atoms with van der Waals surface area (Å²) in [6, 6.07) is 0. The van der Waals surface area contributed by atoms with Gasteiger partial charge in [0, 0.05) is 0 Å². The fourth-order valence-corrected chi connectivity index (χ4v) is 0.542. The van der Waals surface area contributed by atoms with E-state index in [0.717, 1.165) is 0 Å². The summed E-state index contributed by atoms with van der Waals surface area (Å²) in [4.78, 5) is 21.1. The molecule has 0 aromatic heterocycles. The Hall–Kier alpha value is -1.06. The number of ether oxygens (including phenoxy) is 2. The van der Waals surface area contributed by atoms with E-state index in [9.17, 15) is 9.59 Å². The van der Waals surface area contributed by atoms with E-state index in [4.69, 9.17) is 0 Å². The number of carbonyl (C=O) groups excluding carboxylic acids is 2. The van der Waals surface area contributed by atoms with E-state index in [1.807, 2.05) is 0 Å². The summed E-state index contributed by atoms with van der Waals surface area (Å²) >= 11 is 0. The summed E-state index contributed by atoms with van der Waals surface area (Å²) in [7, 11) is 0. The molecule has 1 aliphatic heterocycles. The fourth-order valence-electron chi connectivity index (χ4n) is 0.542. The van der Waals surface area contributed by atoms with E-state index in [1.165, 1.54) is 0 Å². The average Bonchev–Trinajstić information content (AvgIpc) is 1.81. The third kappa shape index (κ3) is 1.10. The van der Waals surface area contributed by atoms with Gasteiger partial charge in [-0.15, -0.1) is 0 Å². The van der Waals surface area contributed by atoms with Crippen LogP contribution in [0.25, 0.3) is 0 Å². The van der Waals surface area contributed by atoms with Crippen molar-refractivity contribution in [3.63, 3.8) is 0 Å². The average molecular weight is 144 g/mol. The molecular formula is C6H8O4. The molecule has 1 heterocycles. The lowest BCUT2D eigenvalue weighted by Crippen LogP contribution is -2.39. The molecule has 0 saturated carbocycles. The first kappa shape index (κ1) is 7.05. The van der Waals surface area contributed by atoms with Gasteiger partial charge in [-0.05, 0) is 13.8 Å². The predicted octanol–water partition coefficient (Wildman–Crippen LogP) is 0.706. The standard InChI is InChI=1S/C6H8O4/c1-6(2)3-9-5(8)10-4(6)7/h3H2,1-2H3. The molecule has 1 saturated heterocycles. The number of rotatable bonds is 0. The number of hydrogen-bond donors (Lipinski definition) is 0. The molecule has 0 aromatic carbocycles. The third-order valence-corrected chi connectivity index (χ3v) is 1.28. The molecular weight excluding hydrogens is 136 g/mol. The second kappa shape index (κ2) is 1.97. The van der Waals surface area contributed by atoms with Gasteiger partial charge in [-0.1, -0.05) is 0 Å². The van der Waals surface area contributed by atoms with Crippen molar-refractivity contribution in [3.05, 3.63) is 0 Å². The first-order valence-corrected chi connectivity index (χ1v) is 2.91. The second-order valence-electron chi connectivity index (χ2n) is 2.81. The van der Waals surface area contributed by atoms with Gasteiger partial charge >= 0.3 is 12.1 Å². The smallest absolute Gasteiger partial charge is 0.433 e. The monoisotopic (exact) mass is 144 g/mol. The number of cyclic esters (lactones) is 3. The van der Waals surface area contributed by atoms with Crippen molar-refractivity contribution < 1.29 is 19.1 Å². The van der Waals surface area contributed by atoms with Gasteiger partial charge in [0.1, 0.15) is 6.61 Å². The van der Waals surface area contributed by atoms with Crippen LogP contribution < -0.4 is 0 Å². The maximum atomic E-state index is 10.8. The van der Waals surface area contributed by atoms with Crippen molar-refractivity contribution in [3.8, 4) is 0 Å². The minimum absolute atomic E-state index is 0.102. The Morgan fingerprint density at radius 1 is 1.40 bits per heavy atom. The lowest BCUT2D eigenvalue weighted by Gasteiger charge is -2.25. The molecule has 0 spiro atoms. The molecule has 0 unspecified atom stereocenters. The SMILES string of the molecule is CC1(C)COC(=O)OC1=O. The first-order valence-electron chi connectivity index (χ1n) is 2.91. The molecule has 1 aliphatic rings. The number of hydrogen-bond acceptors (Lipinski definition) is 4. The first-order chi connectivity index (χ1) is 4.52. The zero-order chi connectivity index (χ0) is 7.78. The van der Waals surface area contributed by atoms with Gasteiger partial charge in [-0.25, -0.2) is 4.79 Å². The molecule has 4 nitrogen and oxygen atoms in total. The predicted molar refractivity (Wildman–Crippen MR) is 31.2 cm³/mol. The maximum Gasteiger partial charge on any atom is 0.516 e. The molecule has 0 amide bonds. The molecule has 0 bridgehead atoms. The molecule has 56 valence electrons. The van der Waals surface area contributed by atoms with Crippen LogP contribution in [0.1, 0.15) is 13.8 Å². The highest BCUT2D eigenvalue weighted by Gasteiger charge is 2.37. The maximum absolute atomic E-state index is 10.8. The van der Waals surface area contributed by atoms with Gasteiger partial charge in [0.2, 0.25) is 0 Å². The summed E-state index contributed by atoms with van der Waals surface area (Å²) in [6.45, 7) is 3.41. The normalized spacial score (nSPS) is 23.4. The summed E-state index contributed by atoms with van der Waals surface area (Å²) in [5.41, 5.74) is -0.687. The summed E-state index contributed by atoms with van der Waals surface area (Å²) < 4.78 is 8.68. The van der Waals surface area contributed by atoms with Crippen molar-refractivity contribution >= 4 is 12.1 Å². The molecule has 0 aromatic rings. The van der Waals surface area contributed by atoms with Crippen LogP contribution in [0.3, 0.4) is 0 Å². The van der Waals surface area contributed by atoms with Crippen LogP contribution in [0.4, 0.5) is 4.79 Å². The fraction of sp³-hybridized carbons (Fsp3) is 0.667.